The van der Waals surface area contributed by atoms with Crippen LogP contribution in [0.3, 0.4) is 0 Å². The number of furan rings is 1. The topological polar surface area (TPSA) is 75.4 Å². The average Bonchev–Trinajstić information content (AvgIpc) is 3.04. The van der Waals surface area contributed by atoms with Crippen LogP contribution in [0.5, 0.6) is 0 Å². The molecule has 2 amide bonds. The zero-order chi connectivity index (χ0) is 20.4. The van der Waals surface area contributed by atoms with Crippen molar-refractivity contribution in [3.63, 3.8) is 0 Å². The van der Waals surface area contributed by atoms with Gasteiger partial charge in [-0.25, -0.2) is 0 Å². The summed E-state index contributed by atoms with van der Waals surface area (Å²) in [7, 11) is 0. The Bertz CT molecular complexity index is 756. The summed E-state index contributed by atoms with van der Waals surface area (Å²) in [4.78, 5) is 30.9. The zero-order valence-electron chi connectivity index (χ0n) is 17.2. The molecule has 0 bridgehead atoms. The van der Waals surface area contributed by atoms with E-state index in [1.54, 1.807) is 30.3 Å². The third-order valence-electron chi connectivity index (χ3n) is 4.69. The predicted octanol–water partition coefficient (Wildman–Crippen LogP) is 4.02. The first-order valence-electron chi connectivity index (χ1n) is 10.0. The van der Waals surface area contributed by atoms with Gasteiger partial charge in [-0.3, -0.25) is 14.6 Å². The van der Waals surface area contributed by atoms with Crippen molar-refractivity contribution in [2.45, 2.75) is 59.4 Å². The molecule has 2 rings (SSSR count). The number of hydrogen-bond acceptors (Lipinski definition) is 4. The first kappa shape index (κ1) is 21.7. The summed E-state index contributed by atoms with van der Waals surface area (Å²) < 4.78 is 5.51. The monoisotopic (exact) mass is 385 g/mol. The van der Waals surface area contributed by atoms with Gasteiger partial charge in [0.05, 0.1) is 5.56 Å². The Balaban J connectivity index is 1.91. The van der Waals surface area contributed by atoms with Crippen LogP contribution in [-0.2, 0) is 11.3 Å². The normalized spacial score (nSPS) is 10.7. The first-order chi connectivity index (χ1) is 13.5. The molecule has 2 aromatic heterocycles. The van der Waals surface area contributed by atoms with Crippen LogP contribution in [0.25, 0.3) is 0 Å². The molecule has 2 aromatic rings. The van der Waals surface area contributed by atoms with Gasteiger partial charge in [-0.15, -0.1) is 0 Å². The smallest absolute Gasteiger partial charge is 0.257 e. The third-order valence-corrected chi connectivity index (χ3v) is 4.69. The molecule has 6 heteroatoms. The van der Waals surface area contributed by atoms with Gasteiger partial charge in [0.1, 0.15) is 11.5 Å². The van der Waals surface area contributed by atoms with Gasteiger partial charge >= 0.3 is 0 Å². The van der Waals surface area contributed by atoms with E-state index in [0.717, 1.165) is 37.0 Å². The number of aromatic nitrogens is 1. The Morgan fingerprint density at radius 2 is 1.86 bits per heavy atom. The van der Waals surface area contributed by atoms with E-state index in [2.05, 4.69) is 17.2 Å². The maximum absolute atomic E-state index is 13.0. The van der Waals surface area contributed by atoms with Crippen molar-refractivity contribution in [1.29, 1.82) is 0 Å². The summed E-state index contributed by atoms with van der Waals surface area (Å²) in [6.45, 7) is 7.31. The van der Waals surface area contributed by atoms with Crippen molar-refractivity contribution in [3.05, 3.63) is 53.2 Å². The number of pyridine rings is 1. The van der Waals surface area contributed by atoms with Crippen molar-refractivity contribution >= 4 is 11.8 Å². The molecule has 0 fully saturated rings. The molecule has 0 aliphatic rings. The minimum atomic E-state index is -0.0664. The molecule has 0 aliphatic heterocycles. The number of unbranched alkanes of at least 4 members (excludes halogenated alkanes) is 3. The second-order valence-corrected chi connectivity index (χ2v) is 7.06. The maximum Gasteiger partial charge on any atom is 0.257 e. The molecular weight excluding hydrogens is 354 g/mol. The van der Waals surface area contributed by atoms with Crippen LogP contribution in [0.4, 0.5) is 0 Å². The SMILES string of the molecule is CCCCCCN(CCC(=O)NCc1ccncc1)C(=O)c1cc(C)oc1C. The van der Waals surface area contributed by atoms with Crippen LogP contribution >= 0.6 is 0 Å². The summed E-state index contributed by atoms with van der Waals surface area (Å²) in [5.74, 6) is 1.22. The number of amides is 2. The lowest BCUT2D eigenvalue weighted by molar-refractivity contribution is -0.121. The molecule has 0 saturated heterocycles. The molecule has 0 spiro atoms. The number of hydrogen-bond donors (Lipinski definition) is 1. The molecule has 0 aromatic carbocycles. The van der Waals surface area contributed by atoms with Crippen LogP contribution in [-0.4, -0.2) is 34.8 Å². The van der Waals surface area contributed by atoms with Gasteiger partial charge in [0.15, 0.2) is 0 Å². The number of aryl methyl sites for hydroxylation is 2. The highest BCUT2D eigenvalue weighted by atomic mass is 16.3. The standard InChI is InChI=1S/C22H31N3O3/c1-4-5-6-7-13-25(22(27)20-15-17(2)28-18(20)3)14-10-21(26)24-16-19-8-11-23-12-9-19/h8-9,11-12,15H,4-7,10,13-14,16H2,1-3H3,(H,24,26). The van der Waals surface area contributed by atoms with Crippen molar-refractivity contribution in [2.75, 3.05) is 13.1 Å². The number of carbonyl (C=O) groups excluding carboxylic acids is 2. The van der Waals surface area contributed by atoms with E-state index in [1.165, 1.54) is 0 Å². The van der Waals surface area contributed by atoms with Gasteiger partial charge in [-0.2, -0.15) is 0 Å². The summed E-state index contributed by atoms with van der Waals surface area (Å²) >= 11 is 0. The summed E-state index contributed by atoms with van der Waals surface area (Å²) in [5, 5.41) is 2.90. The van der Waals surface area contributed by atoms with E-state index < -0.39 is 0 Å². The van der Waals surface area contributed by atoms with Crippen LogP contribution in [0.1, 0.15) is 66.5 Å². The highest BCUT2D eigenvalue weighted by Crippen LogP contribution is 2.17. The van der Waals surface area contributed by atoms with Crippen LogP contribution in [0.15, 0.2) is 35.0 Å². The summed E-state index contributed by atoms with van der Waals surface area (Å²) in [6, 6.07) is 5.52. The first-order valence-corrected chi connectivity index (χ1v) is 10.0. The molecule has 152 valence electrons. The van der Waals surface area contributed by atoms with Gasteiger partial charge in [0, 0.05) is 38.4 Å². The predicted molar refractivity (Wildman–Crippen MR) is 109 cm³/mol. The Morgan fingerprint density at radius 3 is 2.50 bits per heavy atom. The molecule has 0 radical (unpaired) electrons. The quantitative estimate of drug-likeness (QED) is 0.593. The molecule has 0 atom stereocenters. The second-order valence-electron chi connectivity index (χ2n) is 7.06. The van der Waals surface area contributed by atoms with Crippen molar-refractivity contribution in [3.8, 4) is 0 Å². The van der Waals surface area contributed by atoms with Gasteiger partial charge < -0.3 is 14.6 Å². The van der Waals surface area contributed by atoms with Gasteiger partial charge in [0.25, 0.3) is 5.91 Å². The van der Waals surface area contributed by atoms with E-state index in [1.807, 2.05) is 19.1 Å². The Morgan fingerprint density at radius 1 is 1.11 bits per heavy atom. The van der Waals surface area contributed by atoms with E-state index in [9.17, 15) is 9.59 Å². The molecular formula is C22H31N3O3. The lowest BCUT2D eigenvalue weighted by Gasteiger charge is -2.22. The molecule has 2 heterocycles. The lowest BCUT2D eigenvalue weighted by atomic mass is 10.1. The van der Waals surface area contributed by atoms with Crippen molar-refractivity contribution < 1.29 is 14.0 Å². The average molecular weight is 386 g/mol. The maximum atomic E-state index is 13.0. The van der Waals surface area contributed by atoms with Crippen LogP contribution in [0, 0.1) is 13.8 Å². The van der Waals surface area contributed by atoms with Crippen molar-refractivity contribution in [2.24, 2.45) is 0 Å². The molecule has 1 N–H and O–H groups in total. The summed E-state index contributed by atoms with van der Waals surface area (Å²) in [6.07, 6.45) is 8.00. The highest BCUT2D eigenvalue weighted by Gasteiger charge is 2.21. The van der Waals surface area contributed by atoms with E-state index in [4.69, 9.17) is 4.42 Å². The van der Waals surface area contributed by atoms with Crippen molar-refractivity contribution in [1.82, 2.24) is 15.2 Å². The zero-order valence-corrected chi connectivity index (χ0v) is 17.2. The Kier molecular flexibility index (Phi) is 8.72. The van der Waals surface area contributed by atoms with Crippen LogP contribution in [0.2, 0.25) is 0 Å². The fourth-order valence-corrected chi connectivity index (χ4v) is 3.08. The van der Waals surface area contributed by atoms with E-state index >= 15 is 0 Å². The Labute approximate surface area is 167 Å². The number of carbonyl (C=O) groups is 2. The Hall–Kier alpha value is -2.63. The second kappa shape index (κ2) is 11.3. The fourth-order valence-electron chi connectivity index (χ4n) is 3.08. The lowest BCUT2D eigenvalue weighted by Crippen LogP contribution is -2.36. The molecule has 0 aliphatic carbocycles. The minimum absolute atomic E-state index is 0.0622. The number of nitrogens with one attached hydrogen (secondary N) is 1. The van der Waals surface area contributed by atoms with E-state index in [-0.39, 0.29) is 18.2 Å². The van der Waals surface area contributed by atoms with Gasteiger partial charge in [-0.05, 0) is 44.0 Å². The fraction of sp³-hybridized carbons (Fsp3) is 0.500. The largest absolute Gasteiger partial charge is 0.466 e. The molecule has 28 heavy (non-hydrogen) atoms. The molecule has 0 unspecified atom stereocenters. The van der Waals surface area contributed by atoms with Gasteiger partial charge in [-0.1, -0.05) is 26.2 Å². The van der Waals surface area contributed by atoms with E-state index in [0.29, 0.717) is 31.0 Å². The number of rotatable bonds is 11. The van der Waals surface area contributed by atoms with Crippen LogP contribution < -0.4 is 5.32 Å². The number of nitrogens with zero attached hydrogens (tertiary/aromatic N) is 2. The molecule has 0 saturated carbocycles. The summed E-state index contributed by atoms with van der Waals surface area (Å²) in [5.41, 5.74) is 1.59. The minimum Gasteiger partial charge on any atom is -0.466 e. The van der Waals surface area contributed by atoms with Gasteiger partial charge in [0.2, 0.25) is 5.91 Å². The highest BCUT2D eigenvalue weighted by molar-refractivity contribution is 5.95. The molecule has 6 nitrogen and oxygen atoms in total. The third kappa shape index (κ3) is 6.83.